The number of rotatable bonds is 4. The average Bonchev–Trinajstić information content (AvgIpc) is 2.85. The first-order valence-corrected chi connectivity index (χ1v) is 8.90. The van der Waals surface area contributed by atoms with E-state index in [1.807, 2.05) is 11.0 Å². The van der Waals surface area contributed by atoms with Crippen LogP contribution in [0.15, 0.2) is 35.5 Å². The molecule has 0 bridgehead atoms. The molecule has 1 aromatic heterocycles. The average molecular weight is 331 g/mol. The van der Waals surface area contributed by atoms with Crippen LogP contribution in [-0.2, 0) is 11.8 Å². The summed E-state index contributed by atoms with van der Waals surface area (Å²) in [6.45, 7) is 1.65. The summed E-state index contributed by atoms with van der Waals surface area (Å²) >= 11 is 1.39. The summed E-state index contributed by atoms with van der Waals surface area (Å²) in [7, 11) is 1.78. The third kappa shape index (κ3) is 4.10. The van der Waals surface area contributed by atoms with E-state index in [0.29, 0.717) is 16.8 Å². The number of tetrazole rings is 1. The van der Waals surface area contributed by atoms with Gasteiger partial charge in [0.25, 0.3) is 0 Å². The highest BCUT2D eigenvalue weighted by Crippen LogP contribution is 2.27. The van der Waals surface area contributed by atoms with Crippen molar-refractivity contribution in [2.75, 3.05) is 18.8 Å². The quantitative estimate of drug-likeness (QED) is 0.803. The molecular weight excluding hydrogens is 310 g/mol. The van der Waals surface area contributed by atoms with Gasteiger partial charge in [-0.1, -0.05) is 48.5 Å². The monoisotopic (exact) mass is 331 g/mol. The number of carbonyl (C=O) groups is 1. The molecule has 1 aromatic carbocycles. The van der Waals surface area contributed by atoms with Crippen LogP contribution < -0.4 is 0 Å². The van der Waals surface area contributed by atoms with Crippen molar-refractivity contribution in [3.63, 3.8) is 0 Å². The van der Waals surface area contributed by atoms with E-state index in [2.05, 4.69) is 39.8 Å². The van der Waals surface area contributed by atoms with Crippen LogP contribution in [0, 0.1) is 0 Å². The lowest BCUT2D eigenvalue weighted by Crippen LogP contribution is -2.35. The number of aromatic nitrogens is 4. The first-order chi connectivity index (χ1) is 11.2. The molecule has 0 radical (unpaired) electrons. The molecule has 1 amide bonds. The molecule has 2 heterocycles. The molecule has 122 valence electrons. The predicted molar refractivity (Wildman–Crippen MR) is 89.1 cm³/mol. The summed E-state index contributed by atoms with van der Waals surface area (Å²) in [6, 6.07) is 10.5. The number of nitrogens with zero attached hydrogens (tertiary/aromatic N) is 5. The van der Waals surface area contributed by atoms with Crippen LogP contribution in [0.5, 0.6) is 0 Å². The minimum absolute atomic E-state index is 0.167. The Morgan fingerprint density at radius 1 is 1.30 bits per heavy atom. The van der Waals surface area contributed by atoms with E-state index >= 15 is 0 Å². The molecule has 1 fully saturated rings. The van der Waals surface area contributed by atoms with Gasteiger partial charge in [-0.3, -0.25) is 4.79 Å². The van der Waals surface area contributed by atoms with Crippen molar-refractivity contribution in [3.8, 4) is 0 Å². The second-order valence-electron chi connectivity index (χ2n) is 5.82. The van der Waals surface area contributed by atoms with Gasteiger partial charge in [0.1, 0.15) is 0 Å². The van der Waals surface area contributed by atoms with Gasteiger partial charge >= 0.3 is 0 Å². The fraction of sp³-hybridized carbons (Fsp3) is 0.500. The van der Waals surface area contributed by atoms with E-state index in [0.717, 1.165) is 25.9 Å². The zero-order valence-corrected chi connectivity index (χ0v) is 14.1. The Kier molecular flexibility index (Phi) is 5.27. The molecule has 0 saturated carbocycles. The van der Waals surface area contributed by atoms with Crippen molar-refractivity contribution >= 4 is 17.7 Å². The lowest BCUT2D eigenvalue weighted by atomic mass is 9.94. The Labute approximate surface area is 140 Å². The molecule has 0 aliphatic carbocycles. The predicted octanol–water partition coefficient (Wildman–Crippen LogP) is 2.10. The van der Waals surface area contributed by atoms with Crippen molar-refractivity contribution in [2.45, 2.75) is 30.3 Å². The zero-order valence-electron chi connectivity index (χ0n) is 13.3. The number of aryl methyl sites for hydroxylation is 1. The molecule has 1 saturated heterocycles. The van der Waals surface area contributed by atoms with Gasteiger partial charge in [-0.25, -0.2) is 4.68 Å². The van der Waals surface area contributed by atoms with Crippen LogP contribution in [0.1, 0.15) is 30.7 Å². The van der Waals surface area contributed by atoms with Crippen molar-refractivity contribution in [3.05, 3.63) is 35.9 Å². The van der Waals surface area contributed by atoms with E-state index in [-0.39, 0.29) is 5.91 Å². The van der Waals surface area contributed by atoms with E-state index in [1.54, 1.807) is 11.7 Å². The van der Waals surface area contributed by atoms with E-state index < -0.39 is 0 Å². The molecule has 1 atom stereocenters. The number of carbonyl (C=O) groups excluding carboxylic acids is 1. The van der Waals surface area contributed by atoms with Crippen molar-refractivity contribution in [1.29, 1.82) is 0 Å². The minimum Gasteiger partial charge on any atom is -0.341 e. The van der Waals surface area contributed by atoms with Crippen LogP contribution in [-0.4, -0.2) is 49.9 Å². The summed E-state index contributed by atoms with van der Waals surface area (Å²) < 4.78 is 1.59. The molecule has 7 heteroatoms. The standard InChI is InChI=1S/C16H21N5OS/c1-20-16(17-18-19-20)23-12-15(22)21-10-6-5-9-14(11-21)13-7-3-2-4-8-13/h2-4,7-8,14H,5-6,9-12H2,1H3. The molecule has 23 heavy (non-hydrogen) atoms. The highest BCUT2D eigenvalue weighted by molar-refractivity contribution is 7.99. The molecule has 1 aliphatic heterocycles. The smallest absolute Gasteiger partial charge is 0.233 e. The van der Waals surface area contributed by atoms with Gasteiger partial charge in [-0.05, 0) is 28.8 Å². The Bertz CT molecular complexity index is 645. The molecule has 6 nitrogen and oxygen atoms in total. The van der Waals surface area contributed by atoms with Crippen LogP contribution >= 0.6 is 11.8 Å². The van der Waals surface area contributed by atoms with Crippen molar-refractivity contribution in [1.82, 2.24) is 25.1 Å². The molecular formula is C16H21N5OS. The number of amides is 1. The van der Waals surface area contributed by atoms with E-state index in [9.17, 15) is 4.79 Å². The second kappa shape index (κ2) is 7.59. The first kappa shape index (κ1) is 16.0. The van der Waals surface area contributed by atoms with Crippen LogP contribution in [0.3, 0.4) is 0 Å². The van der Waals surface area contributed by atoms with Gasteiger partial charge in [-0.15, -0.1) is 5.10 Å². The van der Waals surface area contributed by atoms with Gasteiger partial charge < -0.3 is 4.90 Å². The molecule has 2 aromatic rings. The van der Waals surface area contributed by atoms with Crippen LogP contribution in [0.25, 0.3) is 0 Å². The van der Waals surface area contributed by atoms with Gasteiger partial charge in [-0.2, -0.15) is 0 Å². The number of thioether (sulfide) groups is 1. The second-order valence-corrected chi connectivity index (χ2v) is 6.76. The molecule has 1 aliphatic rings. The van der Waals surface area contributed by atoms with Crippen LogP contribution in [0.2, 0.25) is 0 Å². The summed E-state index contributed by atoms with van der Waals surface area (Å²) in [5, 5.41) is 12.0. The fourth-order valence-electron chi connectivity index (χ4n) is 2.93. The van der Waals surface area contributed by atoms with E-state index in [4.69, 9.17) is 0 Å². The van der Waals surface area contributed by atoms with Gasteiger partial charge in [0.05, 0.1) is 5.75 Å². The van der Waals surface area contributed by atoms with Gasteiger partial charge in [0.2, 0.25) is 11.1 Å². The molecule has 0 N–H and O–H groups in total. The third-order valence-corrected chi connectivity index (χ3v) is 5.20. The summed E-state index contributed by atoms with van der Waals surface area (Å²) in [6.07, 6.45) is 3.39. The maximum atomic E-state index is 12.6. The lowest BCUT2D eigenvalue weighted by Gasteiger charge is -2.24. The number of hydrogen-bond acceptors (Lipinski definition) is 5. The summed E-state index contributed by atoms with van der Waals surface area (Å²) in [5.41, 5.74) is 1.33. The Balaban J connectivity index is 1.61. The van der Waals surface area contributed by atoms with E-state index in [1.165, 1.54) is 23.7 Å². The maximum Gasteiger partial charge on any atom is 0.233 e. The largest absolute Gasteiger partial charge is 0.341 e. The molecule has 1 unspecified atom stereocenters. The van der Waals surface area contributed by atoms with Crippen molar-refractivity contribution < 1.29 is 4.79 Å². The highest BCUT2D eigenvalue weighted by Gasteiger charge is 2.23. The fourth-order valence-corrected chi connectivity index (χ4v) is 3.68. The number of hydrogen-bond donors (Lipinski definition) is 0. The maximum absolute atomic E-state index is 12.6. The Morgan fingerprint density at radius 2 is 2.13 bits per heavy atom. The Morgan fingerprint density at radius 3 is 2.87 bits per heavy atom. The third-order valence-electron chi connectivity index (χ3n) is 4.20. The zero-order chi connectivity index (χ0) is 16.1. The number of likely N-dealkylation sites (tertiary alicyclic amines) is 1. The highest BCUT2D eigenvalue weighted by atomic mass is 32.2. The number of benzene rings is 1. The van der Waals surface area contributed by atoms with Gasteiger partial charge in [0, 0.05) is 26.1 Å². The normalized spacial score (nSPS) is 18.7. The SMILES string of the molecule is Cn1nnnc1SCC(=O)N1CCCCC(c2ccccc2)C1. The molecule has 3 rings (SSSR count). The minimum atomic E-state index is 0.167. The Hall–Kier alpha value is -1.89. The molecule has 0 spiro atoms. The summed E-state index contributed by atoms with van der Waals surface area (Å²) in [4.78, 5) is 14.6. The van der Waals surface area contributed by atoms with Crippen molar-refractivity contribution in [2.24, 2.45) is 7.05 Å². The topological polar surface area (TPSA) is 63.9 Å². The lowest BCUT2D eigenvalue weighted by molar-refractivity contribution is -0.128. The summed E-state index contributed by atoms with van der Waals surface area (Å²) in [5.74, 6) is 0.986. The first-order valence-electron chi connectivity index (χ1n) is 7.92. The van der Waals surface area contributed by atoms with Crippen LogP contribution in [0.4, 0.5) is 0 Å². The van der Waals surface area contributed by atoms with Gasteiger partial charge in [0.15, 0.2) is 0 Å².